The van der Waals surface area contributed by atoms with Gasteiger partial charge >= 0.3 is 5.69 Å². The van der Waals surface area contributed by atoms with E-state index in [-0.39, 0.29) is 11.4 Å². The molecule has 2 aromatic rings. The molecule has 0 atom stereocenters. The SMILES string of the molecule is Cc1nn(-c2cccc(NN)c2[N+](=O)[O-])cc1Cl. The van der Waals surface area contributed by atoms with Gasteiger partial charge in [-0.05, 0) is 19.1 Å². The minimum absolute atomic E-state index is 0.154. The van der Waals surface area contributed by atoms with Crippen LogP contribution in [0.3, 0.4) is 0 Å². The Balaban J connectivity index is 2.67. The number of nitrogens with two attached hydrogens (primary N) is 1. The fourth-order valence-electron chi connectivity index (χ4n) is 1.59. The fraction of sp³-hybridized carbons (Fsp3) is 0.100. The van der Waals surface area contributed by atoms with E-state index in [1.165, 1.54) is 16.9 Å². The van der Waals surface area contributed by atoms with E-state index in [4.69, 9.17) is 17.4 Å². The first-order valence-corrected chi connectivity index (χ1v) is 5.38. The number of aromatic nitrogens is 2. The predicted octanol–water partition coefficient (Wildman–Crippen LogP) is 2.03. The maximum absolute atomic E-state index is 11.1. The summed E-state index contributed by atoms with van der Waals surface area (Å²) in [5.74, 6) is 5.26. The van der Waals surface area contributed by atoms with Crippen molar-refractivity contribution in [3.05, 3.63) is 45.2 Å². The quantitative estimate of drug-likeness (QED) is 0.503. The summed E-state index contributed by atoms with van der Waals surface area (Å²) in [4.78, 5) is 10.6. The first kappa shape index (κ1) is 12.3. The van der Waals surface area contributed by atoms with Crippen LogP contribution in [0.25, 0.3) is 5.69 Å². The maximum Gasteiger partial charge on any atom is 0.319 e. The van der Waals surface area contributed by atoms with Gasteiger partial charge in [0, 0.05) is 6.20 Å². The Labute approximate surface area is 107 Å². The van der Waals surface area contributed by atoms with Gasteiger partial charge in [-0.25, -0.2) is 4.68 Å². The van der Waals surface area contributed by atoms with Gasteiger partial charge in [0.25, 0.3) is 0 Å². The van der Waals surface area contributed by atoms with Gasteiger partial charge < -0.3 is 5.43 Å². The number of anilines is 1. The van der Waals surface area contributed by atoms with Crippen LogP contribution >= 0.6 is 11.6 Å². The van der Waals surface area contributed by atoms with Crippen LogP contribution in [0.4, 0.5) is 11.4 Å². The first-order chi connectivity index (χ1) is 8.54. The Bertz CT molecular complexity index is 591. The molecule has 7 nitrogen and oxygen atoms in total. The Morgan fingerprint density at radius 1 is 1.56 bits per heavy atom. The zero-order valence-electron chi connectivity index (χ0n) is 9.42. The number of nitrogens with zero attached hydrogens (tertiary/aromatic N) is 3. The fourth-order valence-corrected chi connectivity index (χ4v) is 1.72. The zero-order chi connectivity index (χ0) is 13.3. The van der Waals surface area contributed by atoms with E-state index in [1.807, 2.05) is 0 Å². The number of nitrogens with one attached hydrogen (secondary N) is 1. The van der Waals surface area contributed by atoms with E-state index in [9.17, 15) is 10.1 Å². The molecule has 0 spiro atoms. The van der Waals surface area contributed by atoms with Crippen molar-refractivity contribution >= 4 is 23.0 Å². The smallest absolute Gasteiger partial charge is 0.318 e. The lowest BCUT2D eigenvalue weighted by atomic mass is 10.2. The van der Waals surface area contributed by atoms with Crippen LogP contribution in [-0.2, 0) is 0 Å². The van der Waals surface area contributed by atoms with Crippen LogP contribution in [-0.4, -0.2) is 14.7 Å². The van der Waals surface area contributed by atoms with Crippen molar-refractivity contribution < 1.29 is 4.92 Å². The summed E-state index contributed by atoms with van der Waals surface area (Å²) < 4.78 is 1.36. The Kier molecular flexibility index (Phi) is 3.17. The molecule has 0 bridgehead atoms. The number of nitro benzene ring substituents is 1. The van der Waals surface area contributed by atoms with Gasteiger partial charge in [-0.15, -0.1) is 0 Å². The molecule has 0 aliphatic carbocycles. The van der Waals surface area contributed by atoms with Crippen molar-refractivity contribution in [2.45, 2.75) is 6.92 Å². The van der Waals surface area contributed by atoms with E-state index < -0.39 is 4.92 Å². The molecular formula is C10H10ClN5O2. The van der Waals surface area contributed by atoms with Crippen LogP contribution < -0.4 is 11.3 Å². The molecule has 0 radical (unpaired) electrons. The van der Waals surface area contributed by atoms with Gasteiger partial charge in [-0.1, -0.05) is 17.7 Å². The van der Waals surface area contributed by atoms with Crippen molar-refractivity contribution in [2.24, 2.45) is 5.84 Å². The molecule has 0 aliphatic heterocycles. The number of rotatable bonds is 3. The highest BCUT2D eigenvalue weighted by Crippen LogP contribution is 2.31. The Morgan fingerprint density at radius 2 is 2.28 bits per heavy atom. The molecule has 2 rings (SSSR count). The number of halogens is 1. The summed E-state index contributed by atoms with van der Waals surface area (Å²) in [5, 5.41) is 15.7. The summed E-state index contributed by atoms with van der Waals surface area (Å²) >= 11 is 5.89. The predicted molar refractivity (Wildman–Crippen MR) is 67.8 cm³/mol. The highest BCUT2D eigenvalue weighted by molar-refractivity contribution is 6.31. The highest BCUT2D eigenvalue weighted by atomic mass is 35.5. The molecule has 0 fully saturated rings. The van der Waals surface area contributed by atoms with Crippen LogP contribution in [0, 0.1) is 17.0 Å². The lowest BCUT2D eigenvalue weighted by Crippen LogP contribution is -2.11. The second-order valence-electron chi connectivity index (χ2n) is 3.58. The van der Waals surface area contributed by atoms with E-state index in [0.717, 1.165) is 0 Å². The third-order valence-corrected chi connectivity index (χ3v) is 2.81. The molecule has 18 heavy (non-hydrogen) atoms. The molecule has 1 aromatic carbocycles. The molecule has 0 saturated carbocycles. The number of hydrogen-bond donors (Lipinski definition) is 2. The Hall–Kier alpha value is -2.12. The van der Waals surface area contributed by atoms with E-state index in [0.29, 0.717) is 16.4 Å². The topological polar surface area (TPSA) is 99.0 Å². The second-order valence-corrected chi connectivity index (χ2v) is 3.99. The van der Waals surface area contributed by atoms with Crippen LogP contribution in [0.1, 0.15) is 5.69 Å². The summed E-state index contributed by atoms with van der Waals surface area (Å²) in [6.07, 6.45) is 1.51. The van der Waals surface area contributed by atoms with Crippen molar-refractivity contribution in [3.8, 4) is 5.69 Å². The third kappa shape index (κ3) is 2.01. The van der Waals surface area contributed by atoms with Crippen molar-refractivity contribution in [3.63, 3.8) is 0 Å². The molecular weight excluding hydrogens is 258 g/mol. The molecule has 0 amide bonds. The van der Waals surface area contributed by atoms with Gasteiger partial charge in [-0.2, -0.15) is 5.10 Å². The van der Waals surface area contributed by atoms with Crippen LogP contribution in [0.2, 0.25) is 5.02 Å². The highest BCUT2D eigenvalue weighted by Gasteiger charge is 2.21. The number of hydrazine groups is 1. The van der Waals surface area contributed by atoms with Gasteiger partial charge in [0.2, 0.25) is 0 Å². The number of hydrogen-bond acceptors (Lipinski definition) is 5. The molecule has 1 aromatic heterocycles. The van der Waals surface area contributed by atoms with E-state index in [2.05, 4.69) is 10.5 Å². The lowest BCUT2D eigenvalue weighted by molar-refractivity contribution is -0.383. The molecule has 1 heterocycles. The molecule has 0 saturated heterocycles. The largest absolute Gasteiger partial charge is 0.319 e. The first-order valence-electron chi connectivity index (χ1n) is 5.00. The third-order valence-electron chi connectivity index (χ3n) is 2.44. The average molecular weight is 268 g/mol. The van der Waals surface area contributed by atoms with Gasteiger partial charge in [0.1, 0.15) is 11.4 Å². The molecule has 0 unspecified atom stereocenters. The van der Waals surface area contributed by atoms with E-state index >= 15 is 0 Å². The van der Waals surface area contributed by atoms with Crippen molar-refractivity contribution in [1.29, 1.82) is 0 Å². The monoisotopic (exact) mass is 267 g/mol. The number of para-hydroxylation sites is 1. The maximum atomic E-state index is 11.1. The number of benzene rings is 1. The van der Waals surface area contributed by atoms with Crippen LogP contribution in [0.15, 0.2) is 24.4 Å². The van der Waals surface area contributed by atoms with Gasteiger partial charge in [0.15, 0.2) is 0 Å². The minimum Gasteiger partial charge on any atom is -0.318 e. The van der Waals surface area contributed by atoms with Crippen molar-refractivity contribution in [2.75, 3.05) is 5.43 Å². The molecule has 3 N–H and O–H groups in total. The number of nitro groups is 1. The lowest BCUT2D eigenvalue weighted by Gasteiger charge is -2.06. The molecule has 8 heteroatoms. The summed E-state index contributed by atoms with van der Waals surface area (Å²) in [5.41, 5.74) is 3.24. The Morgan fingerprint density at radius 3 is 2.78 bits per heavy atom. The van der Waals surface area contributed by atoms with Gasteiger partial charge in [-0.3, -0.25) is 16.0 Å². The van der Waals surface area contributed by atoms with Crippen LogP contribution in [0.5, 0.6) is 0 Å². The number of aryl methyl sites for hydroxylation is 1. The zero-order valence-corrected chi connectivity index (χ0v) is 10.2. The summed E-state index contributed by atoms with van der Waals surface area (Å²) in [7, 11) is 0. The average Bonchev–Trinajstić information content (AvgIpc) is 2.68. The van der Waals surface area contributed by atoms with E-state index in [1.54, 1.807) is 19.1 Å². The summed E-state index contributed by atoms with van der Waals surface area (Å²) in [6.45, 7) is 1.72. The number of nitrogen functional groups attached to an aromatic ring is 1. The standard InChI is InChI=1S/C10H10ClN5O2/c1-6-7(11)5-15(14-6)9-4-2-3-8(13-12)10(9)16(17)18/h2-5,13H,12H2,1H3. The van der Waals surface area contributed by atoms with Gasteiger partial charge in [0.05, 0.1) is 15.6 Å². The normalized spacial score (nSPS) is 10.4. The molecule has 94 valence electrons. The minimum atomic E-state index is -0.518. The summed E-state index contributed by atoms with van der Waals surface area (Å²) in [6, 6.07) is 4.73. The van der Waals surface area contributed by atoms with Crippen molar-refractivity contribution in [1.82, 2.24) is 9.78 Å². The molecule has 0 aliphatic rings. The second kappa shape index (κ2) is 4.63.